The van der Waals surface area contributed by atoms with Crippen molar-refractivity contribution in [3.8, 4) is 0 Å². The van der Waals surface area contributed by atoms with Gasteiger partial charge in [-0.15, -0.1) is 0 Å². The second-order valence-electron chi connectivity index (χ2n) is 6.46. The van der Waals surface area contributed by atoms with Crippen LogP contribution in [0.2, 0.25) is 0 Å². The minimum atomic E-state index is -3.17. The van der Waals surface area contributed by atoms with Gasteiger partial charge in [0.2, 0.25) is 0 Å². The Kier molecular flexibility index (Phi) is 4.59. The van der Waals surface area contributed by atoms with Crippen LogP contribution in [0.3, 0.4) is 0 Å². The maximum Gasteiger partial charge on any atom is 0.309 e. The van der Waals surface area contributed by atoms with Crippen LogP contribution >= 0.6 is 0 Å². The van der Waals surface area contributed by atoms with Crippen LogP contribution in [-0.2, 0) is 9.59 Å². The van der Waals surface area contributed by atoms with Gasteiger partial charge in [0.25, 0.3) is 0 Å². The van der Waals surface area contributed by atoms with E-state index < -0.39 is 63.0 Å². The number of carboxylic acids is 2. The summed E-state index contributed by atoms with van der Waals surface area (Å²) in [5.74, 6) is -3.69. The molecule has 0 spiro atoms. The van der Waals surface area contributed by atoms with Gasteiger partial charge in [-0.3, -0.25) is 9.59 Å². The van der Waals surface area contributed by atoms with E-state index >= 15 is 0 Å². The van der Waals surface area contributed by atoms with Crippen molar-refractivity contribution in [1.82, 2.24) is 0 Å². The summed E-state index contributed by atoms with van der Waals surface area (Å²) in [5, 5.41) is 18.8. The molecule has 0 fully saturated rings. The van der Waals surface area contributed by atoms with Crippen LogP contribution in [0, 0.1) is 10.8 Å². The molecule has 142 valence electrons. The Morgan fingerprint density at radius 1 is 0.625 bits per heavy atom. The number of aliphatic carboxylic acids is 2. The summed E-state index contributed by atoms with van der Waals surface area (Å²) >= 11 is 0. The highest BCUT2D eigenvalue weighted by atomic mass is 16.4. The predicted molar refractivity (Wildman–Crippen MR) is 98.2 cm³/mol. The topological polar surface area (TPSA) is 74.6 Å². The highest BCUT2D eigenvalue weighted by molar-refractivity contribution is 5.73. The highest BCUT2D eigenvalue weighted by Crippen LogP contribution is 2.25. The monoisotopic (exact) mass is 354 g/mol. The van der Waals surface area contributed by atoms with Gasteiger partial charge in [-0.05, 0) is 40.2 Å². The lowest BCUT2D eigenvalue weighted by Gasteiger charge is -2.18. The lowest BCUT2D eigenvalue weighted by molar-refractivity contribution is -0.148. The molecule has 0 aliphatic rings. The van der Waals surface area contributed by atoms with Gasteiger partial charge in [0.05, 0.1) is 10.8 Å². The van der Waals surface area contributed by atoms with E-state index in [-0.39, 0.29) is 12.8 Å². The van der Waals surface area contributed by atoms with Gasteiger partial charge in [0, 0.05) is 16.4 Å². The minimum Gasteiger partial charge on any atom is -0.481 e. The molecular weight excluding hydrogens is 304 g/mol. The normalized spacial score (nSPS) is 21.8. The first kappa shape index (κ1) is 9.59. The number of hydrogen-bond donors (Lipinski definition) is 2. The third kappa shape index (κ3) is 10.7. The molecule has 4 heteroatoms. The molecule has 24 heavy (non-hydrogen) atoms. The van der Waals surface area contributed by atoms with Gasteiger partial charge >= 0.3 is 11.9 Å². The summed E-state index contributed by atoms with van der Waals surface area (Å²) in [6, 6.07) is 0. The summed E-state index contributed by atoms with van der Waals surface area (Å²) in [6.07, 6.45) is 4.90. The molecule has 0 saturated heterocycles. The van der Waals surface area contributed by atoms with Crippen LogP contribution in [0.25, 0.3) is 0 Å². The predicted octanol–water partition coefficient (Wildman–Crippen LogP) is 5.89. The number of carboxylic acid groups (broad SMARTS) is 2. The molecule has 0 rings (SSSR count). The van der Waals surface area contributed by atoms with Crippen LogP contribution in [0.1, 0.15) is 121 Å². The Hall–Kier alpha value is -1.06. The Balaban J connectivity index is 4.39. The van der Waals surface area contributed by atoms with Crippen molar-refractivity contribution in [3.05, 3.63) is 0 Å². The Labute approximate surface area is 164 Å². The minimum absolute atomic E-state index is 0.154. The number of rotatable bonds is 15. The van der Waals surface area contributed by atoms with E-state index in [0.717, 1.165) is 25.7 Å². The molecule has 0 heterocycles. The number of hydrogen-bond acceptors (Lipinski definition) is 2. The molecule has 0 aromatic rings. The van der Waals surface area contributed by atoms with Crippen molar-refractivity contribution in [3.63, 3.8) is 0 Å². The second kappa shape index (κ2) is 11.5. The highest BCUT2D eigenvalue weighted by Gasteiger charge is 2.26. The van der Waals surface area contributed by atoms with Crippen molar-refractivity contribution in [1.29, 1.82) is 0 Å². The third-order valence-electron chi connectivity index (χ3n) is 4.08. The quantitative estimate of drug-likeness (QED) is 0.360. The van der Waals surface area contributed by atoms with E-state index in [4.69, 9.17) is 16.4 Å². The molecule has 0 aromatic carbocycles. The molecule has 0 unspecified atom stereocenters. The van der Waals surface area contributed by atoms with E-state index in [1.54, 1.807) is 0 Å². The molecular formula is C20H38O4. The number of unbranched alkanes of at least 4 members (excludes halogenated alkanes) is 9. The lowest BCUT2D eigenvalue weighted by Crippen LogP contribution is -2.23. The molecule has 0 aliphatic heterocycles. The molecule has 0 amide bonds. The fourth-order valence-electron chi connectivity index (χ4n) is 2.41. The van der Waals surface area contributed by atoms with Gasteiger partial charge in [0.1, 0.15) is 0 Å². The Morgan fingerprint density at radius 2 is 0.875 bits per heavy atom. The van der Waals surface area contributed by atoms with Crippen LogP contribution in [0.4, 0.5) is 0 Å². The van der Waals surface area contributed by atoms with E-state index in [9.17, 15) is 19.8 Å². The largest absolute Gasteiger partial charge is 0.481 e. The van der Waals surface area contributed by atoms with E-state index in [1.807, 2.05) is 0 Å². The molecule has 0 bridgehead atoms. The zero-order chi connectivity index (χ0) is 28.6. The van der Waals surface area contributed by atoms with Gasteiger partial charge in [0.15, 0.2) is 0 Å². The molecule has 0 saturated carbocycles. The smallest absolute Gasteiger partial charge is 0.309 e. The zero-order valence-corrected chi connectivity index (χ0v) is 14.2. The second-order valence-corrected chi connectivity index (χ2v) is 6.46. The maximum atomic E-state index is 11.6. The van der Waals surface area contributed by atoms with E-state index in [1.165, 1.54) is 0 Å². The van der Waals surface area contributed by atoms with Gasteiger partial charge < -0.3 is 10.2 Å². The van der Waals surface area contributed by atoms with Crippen molar-refractivity contribution in [2.45, 2.75) is 104 Å². The molecule has 0 atom stereocenters. The summed E-state index contributed by atoms with van der Waals surface area (Å²) in [7, 11) is 0. The lowest BCUT2D eigenvalue weighted by atomic mass is 9.87. The summed E-state index contributed by atoms with van der Waals surface area (Å²) in [5.41, 5.74) is -5.59. The standard InChI is InChI=1S/C20H38O4/c1-19(2,17(21)22)15-13-11-9-7-5-6-8-10-12-14-16-20(3,4)18(23)24/h5-16H2,1-4H3,(H,21,22)(H,23,24)/i1D3,2D3,3D3,4D3. The first-order valence-corrected chi connectivity index (χ1v) is 8.56. The molecule has 0 radical (unpaired) electrons. The van der Waals surface area contributed by atoms with Crippen molar-refractivity contribution < 1.29 is 36.3 Å². The van der Waals surface area contributed by atoms with Crippen molar-refractivity contribution >= 4 is 11.9 Å². The van der Waals surface area contributed by atoms with Gasteiger partial charge in [-0.1, -0.05) is 64.2 Å². The first-order valence-electron chi connectivity index (χ1n) is 14.6. The maximum absolute atomic E-state index is 11.6. The molecule has 4 nitrogen and oxygen atoms in total. The number of carbonyl (C=O) groups is 2. The third-order valence-corrected chi connectivity index (χ3v) is 4.08. The van der Waals surface area contributed by atoms with Crippen LogP contribution < -0.4 is 0 Å². The van der Waals surface area contributed by atoms with Crippen LogP contribution in [0.15, 0.2) is 0 Å². The summed E-state index contributed by atoms with van der Waals surface area (Å²) in [6.45, 7) is -12.7. The molecule has 2 N–H and O–H groups in total. The van der Waals surface area contributed by atoms with Crippen molar-refractivity contribution in [2.75, 3.05) is 0 Å². The molecule has 0 aromatic heterocycles. The van der Waals surface area contributed by atoms with E-state index in [0.29, 0.717) is 25.7 Å². The van der Waals surface area contributed by atoms with Gasteiger partial charge in [-0.25, -0.2) is 0 Å². The van der Waals surface area contributed by atoms with E-state index in [2.05, 4.69) is 0 Å². The SMILES string of the molecule is [2H]C([2H])([2H])C(CCCCCCCCCCCCC(C(=O)O)(C([2H])([2H])[2H])C([2H])([2H])[2H])(C(=O)O)C([2H])([2H])[2H]. The Bertz CT molecular complexity index is 619. The first-order chi connectivity index (χ1) is 16.1. The average molecular weight is 355 g/mol. The fourth-order valence-corrected chi connectivity index (χ4v) is 2.41. The summed E-state index contributed by atoms with van der Waals surface area (Å²) < 4.78 is 89.8. The Morgan fingerprint density at radius 3 is 1.08 bits per heavy atom. The zero-order valence-electron chi connectivity index (χ0n) is 26.2. The fraction of sp³-hybridized carbons (Fsp3) is 0.900. The average Bonchev–Trinajstić information content (AvgIpc) is 2.63. The van der Waals surface area contributed by atoms with Crippen LogP contribution in [0.5, 0.6) is 0 Å². The summed E-state index contributed by atoms with van der Waals surface area (Å²) in [4.78, 5) is 23.2. The molecule has 0 aliphatic carbocycles. The van der Waals surface area contributed by atoms with Crippen molar-refractivity contribution in [2.24, 2.45) is 10.8 Å². The van der Waals surface area contributed by atoms with Gasteiger partial charge in [-0.2, -0.15) is 0 Å². The van der Waals surface area contributed by atoms with Crippen LogP contribution in [-0.4, -0.2) is 22.2 Å².